The number of aromatic hydroxyl groups is 3. The van der Waals surface area contributed by atoms with Crippen LogP contribution >= 0.6 is 0 Å². The van der Waals surface area contributed by atoms with Crippen molar-refractivity contribution in [3.05, 3.63) is 17.2 Å². The van der Waals surface area contributed by atoms with Gasteiger partial charge in [0.05, 0.1) is 0 Å². The Labute approximate surface area is 64.5 Å². The Hall–Kier alpha value is -1.38. The van der Waals surface area contributed by atoms with Crippen LogP contribution in [0.25, 0.3) is 0 Å². The predicted octanol–water partition coefficient (Wildman–Crippen LogP) is 1.42. The van der Waals surface area contributed by atoms with Crippen LogP contribution in [-0.4, -0.2) is 15.3 Å². The Bertz CT molecular complexity index is 266. The van der Waals surface area contributed by atoms with Gasteiger partial charge in [0.15, 0.2) is 11.5 Å². The van der Waals surface area contributed by atoms with E-state index in [-0.39, 0.29) is 17.2 Å². The summed E-state index contributed by atoms with van der Waals surface area (Å²) in [6, 6.07) is 1.41. The van der Waals surface area contributed by atoms with Crippen LogP contribution in [0.15, 0.2) is 6.07 Å². The van der Waals surface area contributed by atoms with E-state index in [0.717, 1.165) is 0 Å². The number of rotatable bonds is 0. The molecule has 0 heterocycles. The lowest BCUT2D eigenvalue weighted by Crippen LogP contribution is -1.81. The van der Waals surface area contributed by atoms with Crippen molar-refractivity contribution in [3.63, 3.8) is 0 Å². The molecular weight excluding hydrogens is 144 g/mol. The Balaban J connectivity index is 3.46. The molecule has 0 spiro atoms. The average Bonchev–Trinajstić information content (AvgIpc) is 1.97. The lowest BCUT2D eigenvalue weighted by molar-refractivity contribution is 0.389. The molecule has 1 aromatic rings. The van der Waals surface area contributed by atoms with Gasteiger partial charge >= 0.3 is 0 Å². The van der Waals surface area contributed by atoms with E-state index in [0.29, 0.717) is 11.1 Å². The van der Waals surface area contributed by atoms with E-state index in [1.54, 1.807) is 6.92 Å². The minimum atomic E-state index is -0.248. The molecule has 0 bridgehead atoms. The molecule has 0 saturated heterocycles. The average molecular weight is 154 g/mol. The van der Waals surface area contributed by atoms with Crippen LogP contribution in [0, 0.1) is 13.8 Å². The van der Waals surface area contributed by atoms with E-state index in [1.807, 2.05) is 0 Å². The fourth-order valence-corrected chi connectivity index (χ4v) is 0.867. The molecule has 0 amide bonds. The number of hydrogen-bond donors (Lipinski definition) is 3. The highest BCUT2D eigenvalue weighted by molar-refractivity contribution is 5.55. The fraction of sp³-hybridized carbons (Fsp3) is 0.250. The molecular formula is C8H10O3. The van der Waals surface area contributed by atoms with Crippen molar-refractivity contribution in [1.82, 2.24) is 0 Å². The standard InChI is InChI=1S/C8H10O3/c1-4-3-6(9)5(2)8(11)7(4)10/h3,9-11H,1-2H3. The summed E-state index contributed by atoms with van der Waals surface area (Å²) >= 11 is 0. The lowest BCUT2D eigenvalue weighted by Gasteiger charge is -2.06. The summed E-state index contributed by atoms with van der Waals surface area (Å²) in [5.41, 5.74) is 0.763. The number of phenolic OH excluding ortho intramolecular Hbond substituents is 3. The monoisotopic (exact) mass is 154 g/mol. The van der Waals surface area contributed by atoms with Gasteiger partial charge in [0.1, 0.15) is 5.75 Å². The summed E-state index contributed by atoms with van der Waals surface area (Å²) in [6.07, 6.45) is 0. The van der Waals surface area contributed by atoms with Crippen LogP contribution < -0.4 is 0 Å². The molecule has 60 valence electrons. The zero-order valence-corrected chi connectivity index (χ0v) is 6.42. The topological polar surface area (TPSA) is 60.7 Å². The van der Waals surface area contributed by atoms with E-state index in [1.165, 1.54) is 13.0 Å². The van der Waals surface area contributed by atoms with E-state index < -0.39 is 0 Å². The van der Waals surface area contributed by atoms with Gasteiger partial charge in [-0.05, 0) is 25.5 Å². The molecule has 3 heteroatoms. The van der Waals surface area contributed by atoms with Gasteiger partial charge in [0.25, 0.3) is 0 Å². The van der Waals surface area contributed by atoms with Crippen molar-refractivity contribution >= 4 is 0 Å². The number of hydrogen-bond acceptors (Lipinski definition) is 3. The van der Waals surface area contributed by atoms with Crippen LogP contribution in [0.2, 0.25) is 0 Å². The molecule has 1 aromatic carbocycles. The SMILES string of the molecule is Cc1cc(O)c(C)c(O)c1O. The normalized spacial score (nSPS) is 10.0. The first kappa shape index (κ1) is 7.72. The first-order chi connectivity index (χ1) is 5.04. The highest BCUT2D eigenvalue weighted by atomic mass is 16.3. The second-order valence-corrected chi connectivity index (χ2v) is 2.53. The third-order valence-corrected chi connectivity index (χ3v) is 1.69. The van der Waals surface area contributed by atoms with Crippen molar-refractivity contribution in [1.29, 1.82) is 0 Å². The third-order valence-electron chi connectivity index (χ3n) is 1.69. The largest absolute Gasteiger partial charge is 0.508 e. The molecule has 0 aliphatic carbocycles. The van der Waals surface area contributed by atoms with E-state index >= 15 is 0 Å². The summed E-state index contributed by atoms with van der Waals surface area (Å²) in [6.45, 7) is 3.14. The van der Waals surface area contributed by atoms with Crippen molar-refractivity contribution in [2.75, 3.05) is 0 Å². The molecule has 3 nitrogen and oxygen atoms in total. The predicted molar refractivity (Wildman–Crippen MR) is 40.9 cm³/mol. The first-order valence-corrected chi connectivity index (χ1v) is 3.25. The molecule has 1 rings (SSSR count). The van der Waals surface area contributed by atoms with Crippen molar-refractivity contribution < 1.29 is 15.3 Å². The molecule has 11 heavy (non-hydrogen) atoms. The summed E-state index contributed by atoms with van der Waals surface area (Å²) < 4.78 is 0. The van der Waals surface area contributed by atoms with Gasteiger partial charge in [-0.1, -0.05) is 0 Å². The van der Waals surface area contributed by atoms with Crippen LogP contribution in [0.3, 0.4) is 0 Å². The van der Waals surface area contributed by atoms with E-state index in [4.69, 9.17) is 15.3 Å². The minimum Gasteiger partial charge on any atom is -0.508 e. The van der Waals surface area contributed by atoms with Gasteiger partial charge in [-0.2, -0.15) is 0 Å². The summed E-state index contributed by atoms with van der Waals surface area (Å²) in [7, 11) is 0. The molecule has 0 radical (unpaired) electrons. The number of phenols is 3. The summed E-state index contributed by atoms with van der Waals surface area (Å²) in [5, 5.41) is 27.4. The van der Waals surface area contributed by atoms with Crippen molar-refractivity contribution in [2.45, 2.75) is 13.8 Å². The van der Waals surface area contributed by atoms with Gasteiger partial charge < -0.3 is 15.3 Å². The number of benzene rings is 1. The molecule has 0 aromatic heterocycles. The van der Waals surface area contributed by atoms with Crippen LogP contribution in [0.5, 0.6) is 17.2 Å². The maximum Gasteiger partial charge on any atom is 0.164 e. The van der Waals surface area contributed by atoms with Crippen LogP contribution in [0.1, 0.15) is 11.1 Å². The Morgan fingerprint density at radius 1 is 1.00 bits per heavy atom. The lowest BCUT2D eigenvalue weighted by atomic mass is 10.1. The van der Waals surface area contributed by atoms with Crippen molar-refractivity contribution in [3.8, 4) is 17.2 Å². The molecule has 3 N–H and O–H groups in total. The highest BCUT2D eigenvalue weighted by Gasteiger charge is 2.09. The van der Waals surface area contributed by atoms with Crippen LogP contribution in [-0.2, 0) is 0 Å². The zero-order valence-electron chi connectivity index (χ0n) is 6.42. The molecule has 0 unspecified atom stereocenters. The van der Waals surface area contributed by atoms with E-state index in [9.17, 15) is 0 Å². The summed E-state index contributed by atoms with van der Waals surface area (Å²) in [4.78, 5) is 0. The number of aryl methyl sites for hydroxylation is 1. The second-order valence-electron chi connectivity index (χ2n) is 2.53. The second kappa shape index (κ2) is 2.34. The third kappa shape index (κ3) is 1.09. The summed E-state index contributed by atoms with van der Waals surface area (Å²) in [5.74, 6) is -0.416. The quantitative estimate of drug-likeness (QED) is 0.391. The Morgan fingerprint density at radius 3 is 2.09 bits per heavy atom. The molecule has 0 aliphatic heterocycles. The maximum absolute atomic E-state index is 9.16. The first-order valence-electron chi connectivity index (χ1n) is 3.25. The molecule has 0 saturated carbocycles. The zero-order chi connectivity index (χ0) is 8.59. The van der Waals surface area contributed by atoms with Gasteiger partial charge in [0, 0.05) is 5.56 Å². The van der Waals surface area contributed by atoms with Gasteiger partial charge in [-0.3, -0.25) is 0 Å². The Morgan fingerprint density at radius 2 is 1.55 bits per heavy atom. The van der Waals surface area contributed by atoms with Crippen LogP contribution in [0.4, 0.5) is 0 Å². The highest BCUT2D eigenvalue weighted by Crippen LogP contribution is 2.37. The van der Waals surface area contributed by atoms with Gasteiger partial charge in [0.2, 0.25) is 0 Å². The maximum atomic E-state index is 9.16. The molecule has 0 fully saturated rings. The fourth-order valence-electron chi connectivity index (χ4n) is 0.867. The molecule has 0 aliphatic rings. The van der Waals surface area contributed by atoms with E-state index in [2.05, 4.69) is 0 Å². The van der Waals surface area contributed by atoms with Crippen molar-refractivity contribution in [2.24, 2.45) is 0 Å². The minimum absolute atomic E-state index is 0.00204. The molecule has 0 atom stereocenters. The Kier molecular flexibility index (Phi) is 1.64. The van der Waals surface area contributed by atoms with Gasteiger partial charge in [-0.15, -0.1) is 0 Å². The van der Waals surface area contributed by atoms with Gasteiger partial charge in [-0.25, -0.2) is 0 Å². The smallest absolute Gasteiger partial charge is 0.164 e.